The van der Waals surface area contributed by atoms with Crippen LogP contribution < -0.4 is 4.90 Å². The van der Waals surface area contributed by atoms with Crippen LogP contribution in [0.1, 0.15) is 30.1 Å². The summed E-state index contributed by atoms with van der Waals surface area (Å²) in [6, 6.07) is 9.59. The van der Waals surface area contributed by atoms with E-state index < -0.39 is 11.6 Å². The molecule has 2 aromatic heterocycles. The van der Waals surface area contributed by atoms with Crippen LogP contribution in [0.25, 0.3) is 5.65 Å². The molecule has 0 saturated carbocycles. The molecule has 3 aromatic rings. The Kier molecular flexibility index (Phi) is 3.80. The second-order valence-electron chi connectivity index (χ2n) is 6.17. The molecule has 1 atom stereocenters. The minimum Gasteiger partial charge on any atom is -0.366 e. The molecule has 1 unspecified atom stereocenters. The SMILES string of the molecule is N#Cc1cc(F)c(N2CCCC(c3nnc4ccccn34)C2)c(F)c1. The van der Waals surface area contributed by atoms with Crippen LogP contribution in [0.3, 0.4) is 0 Å². The van der Waals surface area contributed by atoms with E-state index >= 15 is 0 Å². The summed E-state index contributed by atoms with van der Waals surface area (Å²) in [5, 5.41) is 17.3. The highest BCUT2D eigenvalue weighted by atomic mass is 19.1. The van der Waals surface area contributed by atoms with E-state index in [1.54, 1.807) is 11.0 Å². The lowest BCUT2D eigenvalue weighted by atomic mass is 9.96. The molecule has 4 rings (SSSR count). The van der Waals surface area contributed by atoms with Crippen LogP contribution >= 0.6 is 0 Å². The number of anilines is 1. The summed E-state index contributed by atoms with van der Waals surface area (Å²) >= 11 is 0. The molecule has 1 saturated heterocycles. The largest absolute Gasteiger partial charge is 0.366 e. The Morgan fingerprint density at radius 3 is 2.72 bits per heavy atom. The zero-order valence-corrected chi connectivity index (χ0v) is 13.4. The van der Waals surface area contributed by atoms with Gasteiger partial charge in [0.05, 0.1) is 11.6 Å². The monoisotopic (exact) mass is 339 g/mol. The van der Waals surface area contributed by atoms with Crippen LogP contribution in [-0.4, -0.2) is 27.7 Å². The van der Waals surface area contributed by atoms with Gasteiger partial charge in [0, 0.05) is 25.2 Å². The van der Waals surface area contributed by atoms with Crippen molar-refractivity contribution in [3.05, 3.63) is 59.6 Å². The number of pyridine rings is 1. The minimum atomic E-state index is -0.705. The Labute approximate surface area is 143 Å². The number of aromatic nitrogens is 3. The number of halogens is 2. The lowest BCUT2D eigenvalue weighted by Gasteiger charge is -2.34. The number of hydrogen-bond acceptors (Lipinski definition) is 4. The van der Waals surface area contributed by atoms with Crippen molar-refractivity contribution in [1.82, 2.24) is 14.6 Å². The average Bonchev–Trinajstić information content (AvgIpc) is 3.05. The van der Waals surface area contributed by atoms with E-state index in [0.717, 1.165) is 36.4 Å². The third-order valence-electron chi connectivity index (χ3n) is 4.59. The van der Waals surface area contributed by atoms with Crippen LogP contribution in [0.4, 0.5) is 14.5 Å². The first-order valence-electron chi connectivity index (χ1n) is 8.11. The van der Waals surface area contributed by atoms with Gasteiger partial charge in [-0.3, -0.25) is 4.40 Å². The summed E-state index contributed by atoms with van der Waals surface area (Å²) in [6.07, 6.45) is 3.57. The van der Waals surface area contributed by atoms with Crippen LogP contribution in [0, 0.1) is 23.0 Å². The summed E-state index contributed by atoms with van der Waals surface area (Å²) in [5.41, 5.74) is 0.665. The number of rotatable bonds is 2. The van der Waals surface area contributed by atoms with Crippen LogP contribution in [0.5, 0.6) is 0 Å². The van der Waals surface area contributed by atoms with Gasteiger partial charge >= 0.3 is 0 Å². The van der Waals surface area contributed by atoms with Gasteiger partial charge in [-0.25, -0.2) is 8.78 Å². The third kappa shape index (κ3) is 2.70. The molecule has 0 N–H and O–H groups in total. The highest BCUT2D eigenvalue weighted by molar-refractivity contribution is 5.53. The number of hydrogen-bond donors (Lipinski definition) is 0. The first kappa shape index (κ1) is 15.5. The second kappa shape index (κ2) is 6.13. The highest BCUT2D eigenvalue weighted by Crippen LogP contribution is 2.32. The molecule has 1 aromatic carbocycles. The first-order valence-corrected chi connectivity index (χ1v) is 8.11. The molecule has 0 radical (unpaired) electrons. The third-order valence-corrected chi connectivity index (χ3v) is 4.59. The van der Waals surface area contributed by atoms with Crippen molar-refractivity contribution in [2.24, 2.45) is 0 Å². The van der Waals surface area contributed by atoms with Gasteiger partial charge in [0.25, 0.3) is 0 Å². The number of nitrogens with zero attached hydrogens (tertiary/aromatic N) is 5. The zero-order valence-electron chi connectivity index (χ0n) is 13.4. The molecule has 0 spiro atoms. The minimum absolute atomic E-state index is 0.0178. The Hall–Kier alpha value is -3.01. The molecule has 0 amide bonds. The molecule has 25 heavy (non-hydrogen) atoms. The predicted octanol–water partition coefficient (Wildman–Crippen LogP) is 3.26. The van der Waals surface area contributed by atoms with E-state index in [2.05, 4.69) is 10.2 Å². The van der Waals surface area contributed by atoms with Gasteiger partial charge in [0.15, 0.2) is 17.3 Å². The van der Waals surface area contributed by atoms with Crippen molar-refractivity contribution in [2.45, 2.75) is 18.8 Å². The maximum atomic E-state index is 14.3. The average molecular weight is 339 g/mol. The fourth-order valence-corrected chi connectivity index (χ4v) is 3.46. The van der Waals surface area contributed by atoms with Gasteiger partial charge in [-0.15, -0.1) is 10.2 Å². The number of piperidine rings is 1. The van der Waals surface area contributed by atoms with Crippen molar-refractivity contribution in [2.75, 3.05) is 18.0 Å². The molecule has 1 fully saturated rings. The number of fused-ring (bicyclic) bond motifs is 1. The number of nitriles is 1. The molecule has 1 aliphatic heterocycles. The van der Waals surface area contributed by atoms with Gasteiger partial charge in [0.2, 0.25) is 0 Å². The smallest absolute Gasteiger partial charge is 0.160 e. The first-order chi connectivity index (χ1) is 12.2. The molecule has 7 heteroatoms. The van der Waals surface area contributed by atoms with Gasteiger partial charge in [-0.05, 0) is 37.1 Å². The molecular weight excluding hydrogens is 324 g/mol. The Morgan fingerprint density at radius 2 is 1.96 bits per heavy atom. The zero-order chi connectivity index (χ0) is 17.4. The van der Waals surface area contributed by atoms with Crippen molar-refractivity contribution in [3.63, 3.8) is 0 Å². The maximum absolute atomic E-state index is 14.3. The molecule has 1 aliphatic rings. The van der Waals surface area contributed by atoms with Gasteiger partial charge in [0.1, 0.15) is 11.5 Å². The van der Waals surface area contributed by atoms with Crippen LogP contribution in [0.15, 0.2) is 36.5 Å². The van der Waals surface area contributed by atoms with Crippen molar-refractivity contribution < 1.29 is 8.78 Å². The fourth-order valence-electron chi connectivity index (χ4n) is 3.46. The fraction of sp³-hybridized carbons (Fsp3) is 0.278. The molecule has 3 heterocycles. The van der Waals surface area contributed by atoms with E-state index in [-0.39, 0.29) is 17.2 Å². The molecule has 126 valence electrons. The van der Waals surface area contributed by atoms with E-state index in [1.165, 1.54) is 0 Å². The van der Waals surface area contributed by atoms with Crippen molar-refractivity contribution >= 4 is 11.3 Å². The normalized spacial score (nSPS) is 17.6. The maximum Gasteiger partial charge on any atom is 0.160 e. The van der Waals surface area contributed by atoms with E-state index in [9.17, 15) is 8.78 Å². The summed E-state index contributed by atoms with van der Waals surface area (Å²) in [7, 11) is 0. The summed E-state index contributed by atoms with van der Waals surface area (Å²) in [6.45, 7) is 1.02. The van der Waals surface area contributed by atoms with E-state index in [1.807, 2.05) is 28.8 Å². The lowest BCUT2D eigenvalue weighted by Crippen LogP contribution is -2.36. The molecule has 0 bridgehead atoms. The Balaban J connectivity index is 1.67. The Bertz CT molecular complexity index is 952. The standard InChI is InChI=1S/C18H15F2N5/c19-14-8-12(10-21)9-15(20)17(14)24-6-3-4-13(11-24)18-23-22-16-5-1-2-7-25(16)18/h1-2,5,7-9,13H,3-4,6,11H2. The van der Waals surface area contributed by atoms with Gasteiger partial charge in [-0.1, -0.05) is 6.07 Å². The summed E-state index contributed by atoms with van der Waals surface area (Å²) in [4.78, 5) is 1.70. The predicted molar refractivity (Wildman–Crippen MR) is 88.2 cm³/mol. The quantitative estimate of drug-likeness (QED) is 0.719. The Morgan fingerprint density at radius 1 is 1.16 bits per heavy atom. The van der Waals surface area contributed by atoms with E-state index in [4.69, 9.17) is 5.26 Å². The lowest BCUT2D eigenvalue weighted by molar-refractivity contribution is 0.472. The second-order valence-corrected chi connectivity index (χ2v) is 6.17. The van der Waals surface area contributed by atoms with Gasteiger partial charge < -0.3 is 4.90 Å². The van der Waals surface area contributed by atoms with Crippen molar-refractivity contribution in [3.8, 4) is 6.07 Å². The molecule has 0 aliphatic carbocycles. The van der Waals surface area contributed by atoms with E-state index in [0.29, 0.717) is 13.1 Å². The molecular formula is C18H15F2N5. The summed E-state index contributed by atoms with van der Waals surface area (Å²) in [5.74, 6) is -0.582. The number of benzene rings is 1. The van der Waals surface area contributed by atoms with Crippen molar-refractivity contribution in [1.29, 1.82) is 5.26 Å². The summed E-state index contributed by atoms with van der Waals surface area (Å²) < 4.78 is 30.6. The van der Waals surface area contributed by atoms with Crippen LogP contribution in [0.2, 0.25) is 0 Å². The topological polar surface area (TPSA) is 57.2 Å². The molecule has 5 nitrogen and oxygen atoms in total. The van der Waals surface area contributed by atoms with Gasteiger partial charge in [-0.2, -0.15) is 5.26 Å². The highest BCUT2D eigenvalue weighted by Gasteiger charge is 2.28. The van der Waals surface area contributed by atoms with Crippen LogP contribution in [-0.2, 0) is 0 Å².